The van der Waals surface area contributed by atoms with Crippen LogP contribution in [0.25, 0.3) is 0 Å². The fourth-order valence-electron chi connectivity index (χ4n) is 0.781. The highest BCUT2D eigenvalue weighted by molar-refractivity contribution is 5.16. The molecule has 1 N–H and O–H groups in total. The van der Waals surface area contributed by atoms with Gasteiger partial charge in [0.15, 0.2) is 0 Å². The Morgan fingerprint density at radius 3 is 2.00 bits per heavy atom. The Bertz CT molecular complexity index is 226. The molecule has 0 fully saturated rings. The van der Waals surface area contributed by atoms with Crippen LogP contribution in [-0.4, -0.2) is 11.7 Å². The maximum Gasteiger partial charge on any atom is 0.0609 e. The van der Waals surface area contributed by atoms with Gasteiger partial charge in [0.25, 0.3) is 0 Å². The van der Waals surface area contributed by atoms with E-state index in [1.165, 1.54) is 11.6 Å². The number of allylic oxidation sites excluding steroid dienone is 1. The van der Waals surface area contributed by atoms with Crippen molar-refractivity contribution in [3.8, 4) is 0 Å². The molecule has 0 unspecified atom stereocenters. The smallest absolute Gasteiger partial charge is 0.0609 e. The summed E-state index contributed by atoms with van der Waals surface area (Å²) in [5, 5.41) is 7.76. The van der Waals surface area contributed by atoms with Gasteiger partial charge in [-0.1, -0.05) is 42.5 Å². The van der Waals surface area contributed by atoms with Crippen LogP contribution in [0.3, 0.4) is 0 Å². The first kappa shape index (κ1) is 11.7. The average Bonchev–Trinajstić information content (AvgIpc) is 2.20. The summed E-state index contributed by atoms with van der Waals surface area (Å²) in [6.45, 7) is 6.97. The number of aliphatic hydroxyl groups excluding tert-OH is 1. The van der Waals surface area contributed by atoms with Crippen molar-refractivity contribution in [1.29, 1.82) is 0 Å². The summed E-state index contributed by atoms with van der Waals surface area (Å²) in [4.78, 5) is 0. The first-order valence-electron chi connectivity index (χ1n) is 4.21. The lowest BCUT2D eigenvalue weighted by Gasteiger charge is -1.91. The van der Waals surface area contributed by atoms with Gasteiger partial charge in [0, 0.05) is 0 Å². The molecule has 1 aromatic rings. The normalized spacial score (nSPS) is 8.08. The topological polar surface area (TPSA) is 20.2 Å². The molecule has 1 aromatic carbocycles. The maximum atomic E-state index is 7.76. The largest absolute Gasteiger partial charge is 0.392 e. The van der Waals surface area contributed by atoms with Crippen molar-refractivity contribution in [3.63, 3.8) is 0 Å². The van der Waals surface area contributed by atoms with E-state index in [1.54, 1.807) is 0 Å². The second kappa shape index (κ2) is 8.75. The van der Waals surface area contributed by atoms with Crippen LogP contribution in [0.5, 0.6) is 0 Å². The summed E-state index contributed by atoms with van der Waals surface area (Å²) >= 11 is 0. The first-order valence-corrected chi connectivity index (χ1v) is 4.21. The fourth-order valence-corrected chi connectivity index (χ4v) is 0.781. The summed E-state index contributed by atoms with van der Waals surface area (Å²) < 4.78 is 0. The molecule has 0 saturated carbocycles. The zero-order valence-electron chi connectivity index (χ0n) is 7.82. The van der Waals surface area contributed by atoms with E-state index >= 15 is 0 Å². The van der Waals surface area contributed by atoms with Gasteiger partial charge in [-0.3, -0.25) is 0 Å². The lowest BCUT2D eigenvalue weighted by molar-refractivity contribution is 0.343. The fraction of sp³-hybridized carbons (Fsp3) is 0.167. The van der Waals surface area contributed by atoms with E-state index in [4.69, 9.17) is 5.11 Å². The van der Waals surface area contributed by atoms with Crippen LogP contribution in [0.2, 0.25) is 0 Å². The minimum atomic E-state index is 0.0833. The third-order valence-electron chi connectivity index (χ3n) is 1.35. The van der Waals surface area contributed by atoms with Crippen LogP contribution in [-0.2, 0) is 6.42 Å². The third-order valence-corrected chi connectivity index (χ3v) is 1.35. The van der Waals surface area contributed by atoms with Crippen molar-refractivity contribution in [2.75, 3.05) is 6.61 Å². The highest BCUT2D eigenvalue weighted by atomic mass is 16.2. The molecule has 0 amide bonds. The Labute approximate surface area is 80.0 Å². The van der Waals surface area contributed by atoms with E-state index < -0.39 is 0 Å². The average molecular weight is 176 g/mol. The highest BCUT2D eigenvalue weighted by Crippen LogP contribution is 1.98. The number of aliphatic hydroxyl groups is 1. The number of hydrogen-bond donors (Lipinski definition) is 1. The van der Waals surface area contributed by atoms with Crippen molar-refractivity contribution >= 4 is 0 Å². The van der Waals surface area contributed by atoms with Crippen molar-refractivity contribution in [2.45, 2.75) is 6.42 Å². The van der Waals surface area contributed by atoms with Crippen molar-refractivity contribution in [1.82, 2.24) is 0 Å². The molecule has 0 saturated heterocycles. The van der Waals surface area contributed by atoms with Gasteiger partial charge in [-0.15, -0.1) is 13.2 Å². The predicted molar refractivity (Wildman–Crippen MR) is 57.6 cm³/mol. The molecule has 0 aromatic heterocycles. The Kier molecular flexibility index (Phi) is 7.85. The van der Waals surface area contributed by atoms with Gasteiger partial charge < -0.3 is 5.11 Å². The second-order valence-electron chi connectivity index (χ2n) is 2.45. The lowest BCUT2D eigenvalue weighted by Crippen LogP contribution is -1.75. The Balaban J connectivity index is 0.000000310. The van der Waals surface area contributed by atoms with Gasteiger partial charge in [0.1, 0.15) is 0 Å². The van der Waals surface area contributed by atoms with Crippen LogP contribution < -0.4 is 0 Å². The summed E-state index contributed by atoms with van der Waals surface area (Å²) in [6, 6.07) is 10.3. The molecule has 0 radical (unpaired) electrons. The summed E-state index contributed by atoms with van der Waals surface area (Å²) in [5.74, 6) is 0. The lowest BCUT2D eigenvalue weighted by atomic mass is 10.2. The van der Waals surface area contributed by atoms with E-state index in [9.17, 15) is 0 Å². The highest BCUT2D eigenvalue weighted by Gasteiger charge is 1.82. The van der Waals surface area contributed by atoms with Gasteiger partial charge in [-0.25, -0.2) is 0 Å². The van der Waals surface area contributed by atoms with Crippen molar-refractivity contribution in [2.24, 2.45) is 0 Å². The van der Waals surface area contributed by atoms with E-state index in [0.717, 1.165) is 6.42 Å². The maximum absolute atomic E-state index is 7.76. The van der Waals surface area contributed by atoms with Gasteiger partial charge >= 0.3 is 0 Å². The molecule has 1 heteroatoms. The molecule has 0 spiro atoms. The Morgan fingerprint density at radius 1 is 1.08 bits per heavy atom. The molecule has 13 heavy (non-hydrogen) atoms. The number of benzene rings is 1. The zero-order chi connectivity index (χ0) is 9.94. The van der Waals surface area contributed by atoms with E-state index in [1.807, 2.05) is 24.3 Å². The monoisotopic (exact) mass is 176 g/mol. The quantitative estimate of drug-likeness (QED) is 0.702. The van der Waals surface area contributed by atoms with E-state index in [-0.39, 0.29) is 6.61 Å². The third kappa shape index (κ3) is 7.04. The van der Waals surface area contributed by atoms with E-state index in [2.05, 4.69) is 25.3 Å². The summed E-state index contributed by atoms with van der Waals surface area (Å²) in [7, 11) is 0. The molecule has 0 bridgehead atoms. The molecule has 0 heterocycles. The van der Waals surface area contributed by atoms with Crippen LogP contribution >= 0.6 is 0 Å². The Morgan fingerprint density at radius 2 is 1.62 bits per heavy atom. The van der Waals surface area contributed by atoms with Crippen LogP contribution in [0, 0.1) is 0 Å². The number of hydrogen-bond acceptors (Lipinski definition) is 1. The summed E-state index contributed by atoms with van der Waals surface area (Å²) in [5.41, 5.74) is 1.33. The molecule has 0 aliphatic rings. The number of rotatable bonds is 3. The van der Waals surface area contributed by atoms with Crippen LogP contribution in [0.15, 0.2) is 55.6 Å². The predicted octanol–water partition coefficient (Wildman–Crippen LogP) is 2.58. The minimum Gasteiger partial charge on any atom is -0.392 e. The van der Waals surface area contributed by atoms with Gasteiger partial charge in [0.05, 0.1) is 6.61 Å². The molecule has 70 valence electrons. The Hall–Kier alpha value is -1.34. The SMILES string of the molecule is C=CCO.C=CCc1ccccc1. The zero-order valence-corrected chi connectivity index (χ0v) is 7.82. The standard InChI is InChI=1S/C9H10.C3H6O/c1-2-6-9-7-4-3-5-8-9;1-2-3-4/h2-5,7-8H,1,6H2;2,4H,1,3H2. The van der Waals surface area contributed by atoms with Gasteiger partial charge in [0.2, 0.25) is 0 Å². The molecule has 1 rings (SSSR count). The van der Waals surface area contributed by atoms with Gasteiger partial charge in [-0.05, 0) is 12.0 Å². The molecule has 0 atom stereocenters. The van der Waals surface area contributed by atoms with E-state index in [0.29, 0.717) is 0 Å². The summed E-state index contributed by atoms with van der Waals surface area (Å²) in [6.07, 6.45) is 4.32. The van der Waals surface area contributed by atoms with Crippen LogP contribution in [0.4, 0.5) is 0 Å². The van der Waals surface area contributed by atoms with Crippen LogP contribution in [0.1, 0.15) is 5.56 Å². The van der Waals surface area contributed by atoms with Crippen molar-refractivity contribution < 1.29 is 5.11 Å². The molecular weight excluding hydrogens is 160 g/mol. The first-order chi connectivity index (χ1) is 6.35. The second-order valence-corrected chi connectivity index (χ2v) is 2.45. The molecule has 1 nitrogen and oxygen atoms in total. The van der Waals surface area contributed by atoms with Crippen molar-refractivity contribution in [3.05, 3.63) is 61.2 Å². The minimum absolute atomic E-state index is 0.0833. The molecular formula is C12H16O. The van der Waals surface area contributed by atoms with Gasteiger partial charge in [-0.2, -0.15) is 0 Å². The molecule has 0 aliphatic carbocycles. The molecule has 0 aliphatic heterocycles.